The first-order chi connectivity index (χ1) is 28.5. The molecule has 0 spiro atoms. The van der Waals surface area contributed by atoms with E-state index in [1.165, 1.54) is 30.9 Å². The number of cyclic esters (lactones) is 1. The van der Waals surface area contributed by atoms with E-state index >= 15 is 4.39 Å². The minimum atomic E-state index is -4.72. The summed E-state index contributed by atoms with van der Waals surface area (Å²) in [6.45, 7) is 12.8. The van der Waals surface area contributed by atoms with E-state index in [0.29, 0.717) is 23.1 Å². The molecule has 334 valence electrons. The lowest BCUT2D eigenvalue weighted by molar-refractivity contribution is -0.127. The van der Waals surface area contributed by atoms with Gasteiger partial charge in [-0.1, -0.05) is 57.5 Å². The number of nitrogens with zero attached hydrogens (tertiary/aromatic N) is 5. The average molecular weight is 912 g/mol. The molecule has 2 aromatic carbocycles. The molecule has 0 aliphatic carbocycles. The normalized spacial score (nSPS) is 13.8. The van der Waals surface area contributed by atoms with Crippen LogP contribution in [0.4, 0.5) is 33.9 Å². The van der Waals surface area contributed by atoms with Crippen molar-refractivity contribution in [3.05, 3.63) is 65.1 Å². The molecule has 1 aliphatic rings. The molecule has 0 atom stereocenters. The smallest absolute Gasteiger partial charge is 0.425 e. The van der Waals surface area contributed by atoms with Gasteiger partial charge < -0.3 is 29.6 Å². The van der Waals surface area contributed by atoms with Crippen LogP contribution in [0.1, 0.15) is 21.6 Å². The number of carbonyl (C=O) groups excluding carboxylic acids is 2. The lowest BCUT2D eigenvalue weighted by atomic mass is 9.99. The number of pyridine rings is 1. The molecule has 22 heteroatoms. The standard InChI is InChI=1S/C39H53F4N7O8SSi2/c1-44-37(51)35-34-32(49(47-35)24-55-15-17-60(3,4)5)21-30(28-20-29(40)33(19-27(28)22-39(41,42)43)58-25-56-16-18-61(6,7)8)46-36(34)45-23-26-11-9-10-12-31(26)48(2)59(53,54)50-13-14-57-38(50)52/h9-12,19-21H,13-18,22-25H2,1-8H3,(H,44,51)(H,45,46). The molecular formula is C39H53F4N7O8SSi2. The molecule has 0 radical (unpaired) electrons. The fraction of sp³-hybridized carbons (Fsp3) is 0.487. The van der Waals surface area contributed by atoms with Crippen LogP contribution in [0.2, 0.25) is 51.4 Å². The van der Waals surface area contributed by atoms with Gasteiger partial charge in [0.15, 0.2) is 24.1 Å². The van der Waals surface area contributed by atoms with Crippen LogP contribution in [0.3, 0.4) is 0 Å². The van der Waals surface area contributed by atoms with Crippen molar-refractivity contribution in [3.63, 3.8) is 0 Å². The van der Waals surface area contributed by atoms with Crippen molar-refractivity contribution >= 4 is 60.8 Å². The van der Waals surface area contributed by atoms with Gasteiger partial charge in [0.1, 0.15) is 19.2 Å². The first-order valence-electron chi connectivity index (χ1n) is 19.6. The number of carbonyl (C=O) groups is 2. The molecule has 4 aromatic rings. The van der Waals surface area contributed by atoms with Crippen molar-refractivity contribution in [3.8, 4) is 17.0 Å². The number of halogens is 4. The third kappa shape index (κ3) is 12.2. The number of hydrogen-bond donors (Lipinski definition) is 2. The van der Waals surface area contributed by atoms with E-state index in [1.807, 2.05) is 0 Å². The molecular weight excluding hydrogens is 859 g/mol. The van der Waals surface area contributed by atoms with Crippen LogP contribution in [-0.2, 0) is 44.1 Å². The summed E-state index contributed by atoms with van der Waals surface area (Å²) in [5.74, 6) is -2.03. The molecule has 1 saturated heterocycles. The predicted octanol–water partition coefficient (Wildman–Crippen LogP) is 7.45. The average Bonchev–Trinajstić information content (AvgIpc) is 3.78. The first-order valence-corrected chi connectivity index (χ1v) is 28.4. The minimum absolute atomic E-state index is 0.0302. The Kier molecular flexibility index (Phi) is 14.8. The van der Waals surface area contributed by atoms with Crippen LogP contribution < -0.4 is 19.7 Å². The molecule has 15 nitrogen and oxygen atoms in total. The van der Waals surface area contributed by atoms with E-state index in [-0.39, 0.29) is 78.1 Å². The van der Waals surface area contributed by atoms with Crippen molar-refractivity contribution in [2.75, 3.05) is 56.9 Å². The number of nitrogens with one attached hydrogen (secondary N) is 2. The van der Waals surface area contributed by atoms with Crippen molar-refractivity contribution < 1.29 is 54.5 Å². The second-order valence-corrected chi connectivity index (χ2v) is 30.0. The molecule has 0 unspecified atom stereocenters. The van der Waals surface area contributed by atoms with E-state index < -0.39 is 62.5 Å². The van der Waals surface area contributed by atoms with Gasteiger partial charge in [0, 0.05) is 55.6 Å². The second-order valence-electron chi connectivity index (χ2n) is 16.9. The van der Waals surface area contributed by atoms with Gasteiger partial charge in [0.25, 0.3) is 5.91 Å². The van der Waals surface area contributed by atoms with Crippen LogP contribution in [0.15, 0.2) is 42.5 Å². The van der Waals surface area contributed by atoms with Gasteiger partial charge in [-0.2, -0.15) is 31.0 Å². The molecule has 0 saturated carbocycles. The molecule has 5 rings (SSSR count). The number of amides is 2. The summed E-state index contributed by atoms with van der Waals surface area (Å²) in [4.78, 5) is 30.3. The first kappa shape index (κ1) is 47.3. The summed E-state index contributed by atoms with van der Waals surface area (Å²) >= 11 is 0. The second kappa shape index (κ2) is 19.1. The lowest BCUT2D eigenvalue weighted by Gasteiger charge is -2.26. The van der Waals surface area contributed by atoms with Gasteiger partial charge in [-0.05, 0) is 47.5 Å². The molecule has 61 heavy (non-hydrogen) atoms. The molecule has 2 aromatic heterocycles. The highest BCUT2D eigenvalue weighted by Crippen LogP contribution is 2.38. The highest BCUT2D eigenvalue weighted by Gasteiger charge is 2.37. The lowest BCUT2D eigenvalue weighted by Crippen LogP contribution is -2.42. The van der Waals surface area contributed by atoms with Crippen molar-refractivity contribution in [1.82, 2.24) is 24.4 Å². The van der Waals surface area contributed by atoms with Crippen LogP contribution in [-0.4, -0.2) is 109 Å². The fourth-order valence-corrected chi connectivity index (χ4v) is 9.00. The largest absolute Gasteiger partial charge is 0.464 e. The topological polar surface area (TPSA) is 166 Å². The molecule has 0 bridgehead atoms. The quantitative estimate of drug-likeness (QED) is 0.0392. The fourth-order valence-electron chi connectivity index (χ4n) is 6.22. The number of fused-ring (bicyclic) bond motifs is 1. The van der Waals surface area contributed by atoms with Gasteiger partial charge in [0.2, 0.25) is 0 Å². The van der Waals surface area contributed by atoms with Crippen LogP contribution >= 0.6 is 0 Å². The predicted molar refractivity (Wildman–Crippen MR) is 229 cm³/mol. The SMILES string of the molecule is CNC(=O)c1nn(COCC[Si](C)(C)C)c2cc(-c3cc(F)c(OCOCC[Si](C)(C)C)cc3CC(F)(F)F)nc(NCc3ccccc3N(C)S(=O)(=O)N3CCOC3=O)c12. The number of para-hydroxylation sites is 1. The number of hydrogen-bond acceptors (Lipinski definition) is 11. The Hall–Kier alpha value is -4.78. The summed E-state index contributed by atoms with van der Waals surface area (Å²) in [7, 11) is -4.66. The number of alkyl halides is 3. The van der Waals surface area contributed by atoms with Crippen molar-refractivity contribution in [1.29, 1.82) is 0 Å². The molecule has 2 amide bonds. The van der Waals surface area contributed by atoms with Gasteiger partial charge in [-0.25, -0.2) is 18.9 Å². The van der Waals surface area contributed by atoms with E-state index in [1.54, 1.807) is 18.2 Å². The van der Waals surface area contributed by atoms with Gasteiger partial charge in [-0.3, -0.25) is 9.10 Å². The number of ether oxygens (including phenoxy) is 4. The summed E-state index contributed by atoms with van der Waals surface area (Å²) in [6.07, 6.45) is -7.19. The highest BCUT2D eigenvalue weighted by atomic mass is 32.2. The maximum Gasteiger partial charge on any atom is 0.425 e. The van der Waals surface area contributed by atoms with Crippen molar-refractivity contribution in [2.45, 2.75) is 77.2 Å². The van der Waals surface area contributed by atoms with E-state index in [0.717, 1.165) is 28.5 Å². The van der Waals surface area contributed by atoms with E-state index in [9.17, 15) is 31.2 Å². The monoisotopic (exact) mass is 911 g/mol. The van der Waals surface area contributed by atoms with Crippen molar-refractivity contribution in [2.24, 2.45) is 0 Å². The molecule has 1 aliphatic heterocycles. The third-order valence-electron chi connectivity index (χ3n) is 9.63. The van der Waals surface area contributed by atoms with Gasteiger partial charge in [-0.15, -0.1) is 0 Å². The molecule has 3 heterocycles. The number of rotatable bonds is 20. The molecule has 2 N–H and O–H groups in total. The number of benzene rings is 2. The Balaban J connectivity index is 1.62. The summed E-state index contributed by atoms with van der Waals surface area (Å²) in [6, 6.07) is 11.3. The van der Waals surface area contributed by atoms with E-state index in [2.05, 4.69) is 55.0 Å². The Labute approximate surface area is 354 Å². The van der Waals surface area contributed by atoms with Gasteiger partial charge in [0.05, 0.1) is 35.2 Å². The maximum absolute atomic E-state index is 15.8. The van der Waals surface area contributed by atoms with E-state index in [4.69, 9.17) is 23.9 Å². The van der Waals surface area contributed by atoms with Gasteiger partial charge >= 0.3 is 22.5 Å². The Morgan fingerprint density at radius 2 is 1.67 bits per heavy atom. The summed E-state index contributed by atoms with van der Waals surface area (Å²) in [5, 5.41) is 10.4. The number of anilines is 2. The molecule has 1 fully saturated rings. The Bertz CT molecular complexity index is 2340. The van der Waals surface area contributed by atoms with Crippen LogP contribution in [0, 0.1) is 5.82 Å². The Morgan fingerprint density at radius 1 is 1.00 bits per heavy atom. The van der Waals surface area contributed by atoms with Crippen LogP contribution in [0.25, 0.3) is 22.2 Å². The number of aromatic nitrogens is 3. The third-order valence-corrected chi connectivity index (χ3v) is 14.8. The summed E-state index contributed by atoms with van der Waals surface area (Å²) < 4.78 is 110. The van der Waals surface area contributed by atoms with Crippen LogP contribution in [0.5, 0.6) is 5.75 Å². The maximum atomic E-state index is 15.8. The summed E-state index contributed by atoms with van der Waals surface area (Å²) in [5.41, 5.74) is 0.0623. The zero-order valence-corrected chi connectivity index (χ0v) is 38.4. The zero-order chi connectivity index (χ0) is 44.9. The highest BCUT2D eigenvalue weighted by molar-refractivity contribution is 7.91. The minimum Gasteiger partial charge on any atom is -0.464 e. The zero-order valence-electron chi connectivity index (χ0n) is 35.5. The Morgan fingerprint density at radius 3 is 2.30 bits per heavy atom.